The number of nitrogen functional groups attached to an aromatic ring is 1. The second kappa shape index (κ2) is 6.64. The van der Waals surface area contributed by atoms with Crippen LogP contribution < -0.4 is 5.73 Å². The van der Waals surface area contributed by atoms with Crippen LogP contribution in [0.5, 0.6) is 5.75 Å². The molecule has 0 spiro atoms. The van der Waals surface area contributed by atoms with Crippen molar-refractivity contribution in [1.29, 1.82) is 0 Å². The summed E-state index contributed by atoms with van der Waals surface area (Å²) in [4.78, 5) is -0.357. The summed E-state index contributed by atoms with van der Waals surface area (Å²) in [6.07, 6.45) is 0. The first-order valence-corrected chi connectivity index (χ1v) is 9.54. The van der Waals surface area contributed by atoms with Crippen molar-refractivity contribution >= 4 is 38.0 Å². The standard InChI is InChI=1S/C19H19N3O4S/c1-10-4-5-16(27(24,25)26)15(8-10)21-22-18-12(3)9-13-6-11(2)7-14(20)17(13)19(18)23/h4-9,23H,20H2,1-3H3,(H,24,25,26). The van der Waals surface area contributed by atoms with Gasteiger partial charge in [0.1, 0.15) is 16.3 Å². The number of fused-ring (bicyclic) bond motifs is 1. The van der Waals surface area contributed by atoms with E-state index < -0.39 is 10.1 Å². The van der Waals surface area contributed by atoms with Gasteiger partial charge in [-0.15, -0.1) is 10.2 Å². The van der Waals surface area contributed by atoms with Gasteiger partial charge in [-0.25, -0.2) is 0 Å². The Morgan fingerprint density at radius 3 is 2.33 bits per heavy atom. The van der Waals surface area contributed by atoms with Crippen LogP contribution in [0.2, 0.25) is 0 Å². The molecule has 3 rings (SSSR count). The molecule has 27 heavy (non-hydrogen) atoms. The van der Waals surface area contributed by atoms with Gasteiger partial charge in [0.05, 0.1) is 0 Å². The highest BCUT2D eigenvalue weighted by molar-refractivity contribution is 7.86. The third-order valence-electron chi connectivity index (χ3n) is 4.20. The maximum Gasteiger partial charge on any atom is 0.296 e. The molecule has 0 amide bonds. The zero-order valence-corrected chi connectivity index (χ0v) is 15.9. The van der Waals surface area contributed by atoms with Gasteiger partial charge in [0.15, 0.2) is 5.75 Å². The number of phenols is 1. The third-order valence-corrected chi connectivity index (χ3v) is 5.10. The first kappa shape index (κ1) is 18.8. The van der Waals surface area contributed by atoms with Crippen molar-refractivity contribution in [2.24, 2.45) is 10.2 Å². The van der Waals surface area contributed by atoms with E-state index in [0.29, 0.717) is 16.6 Å². The predicted octanol–water partition coefficient (Wildman–Crippen LogP) is 4.71. The minimum atomic E-state index is -4.46. The number of anilines is 1. The van der Waals surface area contributed by atoms with E-state index in [1.54, 1.807) is 26.0 Å². The molecule has 0 aromatic heterocycles. The van der Waals surface area contributed by atoms with E-state index in [0.717, 1.165) is 16.5 Å². The molecule has 0 unspecified atom stereocenters. The number of benzene rings is 3. The van der Waals surface area contributed by atoms with E-state index in [1.165, 1.54) is 12.1 Å². The van der Waals surface area contributed by atoms with Crippen molar-refractivity contribution in [2.45, 2.75) is 25.7 Å². The van der Waals surface area contributed by atoms with Crippen LogP contribution >= 0.6 is 0 Å². The van der Waals surface area contributed by atoms with Crippen molar-refractivity contribution in [1.82, 2.24) is 0 Å². The Balaban J connectivity index is 2.20. The van der Waals surface area contributed by atoms with Gasteiger partial charge >= 0.3 is 0 Å². The normalized spacial score (nSPS) is 12.1. The van der Waals surface area contributed by atoms with Gasteiger partial charge in [-0.3, -0.25) is 4.55 Å². The van der Waals surface area contributed by atoms with Crippen LogP contribution in [0.3, 0.4) is 0 Å². The first-order chi connectivity index (χ1) is 12.6. The molecule has 0 fully saturated rings. The summed E-state index contributed by atoms with van der Waals surface area (Å²) >= 11 is 0. The maximum absolute atomic E-state index is 11.5. The third kappa shape index (κ3) is 3.62. The zero-order chi connectivity index (χ0) is 19.9. The number of hydrogen-bond acceptors (Lipinski definition) is 6. The topological polar surface area (TPSA) is 125 Å². The number of nitrogens with two attached hydrogens (primary N) is 1. The maximum atomic E-state index is 11.5. The summed E-state index contributed by atoms with van der Waals surface area (Å²) in [6, 6.07) is 9.76. The van der Waals surface area contributed by atoms with Crippen molar-refractivity contribution in [3.05, 3.63) is 53.1 Å². The molecular formula is C19H19N3O4S. The average Bonchev–Trinajstić information content (AvgIpc) is 2.52. The Labute approximate surface area is 156 Å². The zero-order valence-electron chi connectivity index (χ0n) is 15.1. The van der Waals surface area contributed by atoms with Crippen LogP contribution in [0.4, 0.5) is 17.1 Å². The first-order valence-electron chi connectivity index (χ1n) is 8.10. The molecule has 0 saturated heterocycles. The van der Waals surface area contributed by atoms with Gasteiger partial charge in [-0.2, -0.15) is 8.42 Å². The summed E-state index contributed by atoms with van der Waals surface area (Å²) in [5, 5.41) is 19.9. The van der Waals surface area contributed by atoms with Crippen LogP contribution in [0.15, 0.2) is 51.5 Å². The van der Waals surface area contributed by atoms with Crippen molar-refractivity contribution in [2.75, 3.05) is 5.73 Å². The summed E-state index contributed by atoms with van der Waals surface area (Å²) in [6.45, 7) is 5.42. The Hall–Kier alpha value is -2.97. The van der Waals surface area contributed by atoms with Gasteiger partial charge in [0.25, 0.3) is 10.1 Å². The second-order valence-electron chi connectivity index (χ2n) is 6.49. The fourth-order valence-electron chi connectivity index (χ4n) is 2.99. The molecule has 0 heterocycles. The lowest BCUT2D eigenvalue weighted by atomic mass is 10.0. The largest absolute Gasteiger partial charge is 0.505 e. The second-order valence-corrected chi connectivity index (χ2v) is 7.88. The monoisotopic (exact) mass is 385 g/mol. The number of nitrogens with zero attached hydrogens (tertiary/aromatic N) is 2. The van der Waals surface area contributed by atoms with Gasteiger partial charge < -0.3 is 10.8 Å². The number of hydrogen-bond donors (Lipinski definition) is 3. The van der Waals surface area contributed by atoms with Gasteiger partial charge in [0.2, 0.25) is 0 Å². The van der Waals surface area contributed by atoms with Gasteiger partial charge in [-0.05, 0) is 67.1 Å². The molecule has 0 aliphatic heterocycles. The molecule has 0 saturated carbocycles. The number of aromatic hydroxyl groups is 1. The van der Waals surface area contributed by atoms with E-state index in [-0.39, 0.29) is 22.0 Å². The molecule has 0 aliphatic carbocycles. The number of azo groups is 1. The van der Waals surface area contributed by atoms with E-state index in [4.69, 9.17) is 5.73 Å². The van der Waals surface area contributed by atoms with Crippen LogP contribution in [-0.2, 0) is 10.1 Å². The van der Waals surface area contributed by atoms with Crippen LogP contribution in [-0.4, -0.2) is 18.1 Å². The fraction of sp³-hybridized carbons (Fsp3) is 0.158. The molecular weight excluding hydrogens is 366 g/mol. The van der Waals surface area contributed by atoms with Crippen molar-refractivity contribution in [3.63, 3.8) is 0 Å². The molecule has 4 N–H and O–H groups in total. The van der Waals surface area contributed by atoms with Gasteiger partial charge in [-0.1, -0.05) is 12.1 Å². The predicted molar refractivity (Wildman–Crippen MR) is 105 cm³/mol. The SMILES string of the molecule is Cc1ccc(S(=O)(=O)O)c(N=Nc2c(C)cc3cc(C)cc(N)c3c2O)c1. The smallest absolute Gasteiger partial charge is 0.296 e. The molecule has 8 heteroatoms. The Bertz CT molecular complexity index is 1200. The van der Waals surface area contributed by atoms with Crippen LogP contribution in [0.25, 0.3) is 10.8 Å². The highest BCUT2D eigenvalue weighted by atomic mass is 32.2. The molecule has 3 aromatic carbocycles. The Morgan fingerprint density at radius 1 is 0.963 bits per heavy atom. The summed E-state index contributed by atoms with van der Waals surface area (Å²) in [5.41, 5.74) is 8.97. The average molecular weight is 385 g/mol. The summed E-state index contributed by atoms with van der Waals surface area (Å²) in [5.74, 6) is -0.132. The van der Waals surface area contributed by atoms with Crippen LogP contribution in [0.1, 0.15) is 16.7 Å². The minimum absolute atomic E-state index is 0.0201. The summed E-state index contributed by atoms with van der Waals surface area (Å²) in [7, 11) is -4.46. The molecule has 0 aliphatic rings. The number of rotatable bonds is 3. The van der Waals surface area contributed by atoms with E-state index in [1.807, 2.05) is 19.1 Å². The summed E-state index contributed by atoms with van der Waals surface area (Å²) < 4.78 is 32.5. The number of aryl methyl sites for hydroxylation is 3. The molecule has 0 radical (unpaired) electrons. The fourth-order valence-corrected chi connectivity index (χ4v) is 3.60. The molecule has 0 atom stereocenters. The van der Waals surface area contributed by atoms with E-state index >= 15 is 0 Å². The van der Waals surface area contributed by atoms with E-state index in [2.05, 4.69) is 10.2 Å². The van der Waals surface area contributed by atoms with E-state index in [9.17, 15) is 18.1 Å². The molecule has 140 valence electrons. The minimum Gasteiger partial charge on any atom is -0.505 e. The molecule has 0 bridgehead atoms. The lowest BCUT2D eigenvalue weighted by molar-refractivity contribution is 0.482. The van der Waals surface area contributed by atoms with Crippen LogP contribution in [0, 0.1) is 20.8 Å². The highest BCUT2D eigenvalue weighted by Gasteiger charge is 2.17. The number of phenolic OH excluding ortho intramolecular Hbond substituents is 1. The van der Waals surface area contributed by atoms with Gasteiger partial charge in [0, 0.05) is 11.1 Å². The Kier molecular flexibility index (Phi) is 4.63. The molecule has 7 nitrogen and oxygen atoms in total. The van der Waals surface area contributed by atoms with Crippen molar-refractivity contribution in [3.8, 4) is 5.75 Å². The highest BCUT2D eigenvalue weighted by Crippen LogP contribution is 2.42. The Morgan fingerprint density at radius 2 is 1.67 bits per heavy atom. The quantitative estimate of drug-likeness (QED) is 0.342. The lowest BCUT2D eigenvalue weighted by Gasteiger charge is -2.11. The lowest BCUT2D eigenvalue weighted by Crippen LogP contribution is -1.98. The molecule has 3 aromatic rings. The van der Waals surface area contributed by atoms with Crippen molar-refractivity contribution < 1.29 is 18.1 Å².